The third-order valence-electron chi connectivity index (χ3n) is 1.67. The summed E-state index contributed by atoms with van der Waals surface area (Å²) in [6.45, 7) is 5.99. The molecule has 4 nitrogen and oxygen atoms in total. The summed E-state index contributed by atoms with van der Waals surface area (Å²) < 4.78 is 0. The zero-order chi connectivity index (χ0) is 10.4. The van der Waals surface area contributed by atoms with Crippen LogP contribution >= 0.6 is 0 Å². The van der Waals surface area contributed by atoms with Gasteiger partial charge >= 0.3 is 0 Å². The Hall–Kier alpha value is -1.71. The van der Waals surface area contributed by atoms with E-state index >= 15 is 0 Å². The Balaban J connectivity index is 0.000000461. The van der Waals surface area contributed by atoms with Crippen molar-refractivity contribution in [2.45, 2.75) is 20.8 Å². The molecule has 2 rings (SSSR count). The van der Waals surface area contributed by atoms with Crippen LogP contribution in [-0.2, 0) is 0 Å². The van der Waals surface area contributed by atoms with E-state index in [1.807, 2.05) is 26.8 Å². The zero-order valence-electron chi connectivity index (χ0n) is 8.65. The van der Waals surface area contributed by atoms with Crippen molar-refractivity contribution >= 4 is 0 Å². The second-order valence-electron chi connectivity index (χ2n) is 2.52. The van der Waals surface area contributed by atoms with E-state index in [0.717, 1.165) is 17.0 Å². The summed E-state index contributed by atoms with van der Waals surface area (Å²) >= 11 is 0. The topological polar surface area (TPSA) is 54.5 Å². The molecule has 0 bridgehead atoms. The molecule has 0 fully saturated rings. The van der Waals surface area contributed by atoms with Gasteiger partial charge in [0.25, 0.3) is 0 Å². The van der Waals surface area contributed by atoms with Crippen LogP contribution in [0.3, 0.4) is 0 Å². The molecule has 0 aliphatic carbocycles. The van der Waals surface area contributed by atoms with Crippen LogP contribution in [0.15, 0.2) is 24.8 Å². The fourth-order valence-electron chi connectivity index (χ4n) is 1.04. The first-order chi connectivity index (χ1) is 6.88. The molecule has 2 heterocycles. The lowest BCUT2D eigenvalue weighted by molar-refractivity contribution is 1.08. The van der Waals surface area contributed by atoms with Gasteiger partial charge in [-0.2, -0.15) is 5.10 Å². The highest BCUT2D eigenvalue weighted by Gasteiger charge is 2.02. The van der Waals surface area contributed by atoms with Crippen molar-refractivity contribution in [3.05, 3.63) is 30.4 Å². The zero-order valence-corrected chi connectivity index (χ0v) is 8.65. The third-order valence-corrected chi connectivity index (χ3v) is 1.67. The van der Waals surface area contributed by atoms with E-state index in [0.29, 0.717) is 0 Å². The number of hydrogen-bond donors (Lipinski definition) is 1. The first-order valence-electron chi connectivity index (χ1n) is 4.64. The van der Waals surface area contributed by atoms with E-state index in [-0.39, 0.29) is 0 Å². The van der Waals surface area contributed by atoms with Crippen molar-refractivity contribution < 1.29 is 0 Å². The lowest BCUT2D eigenvalue weighted by Gasteiger charge is -1.95. The second kappa shape index (κ2) is 5.11. The number of nitrogens with zero attached hydrogens (tertiary/aromatic N) is 3. The molecule has 0 aliphatic heterocycles. The molecule has 0 aliphatic rings. The number of hydrogen-bond acceptors (Lipinski definition) is 3. The van der Waals surface area contributed by atoms with Gasteiger partial charge in [0, 0.05) is 6.20 Å². The van der Waals surface area contributed by atoms with Crippen LogP contribution in [-0.4, -0.2) is 20.2 Å². The molecular weight excluding hydrogens is 176 g/mol. The van der Waals surface area contributed by atoms with Gasteiger partial charge in [-0.1, -0.05) is 13.8 Å². The highest BCUT2D eigenvalue weighted by atomic mass is 15.1. The lowest BCUT2D eigenvalue weighted by atomic mass is 10.2. The highest BCUT2D eigenvalue weighted by Crippen LogP contribution is 2.15. The fourth-order valence-corrected chi connectivity index (χ4v) is 1.04. The second-order valence-corrected chi connectivity index (χ2v) is 2.52. The number of aromatic amines is 1. The smallest absolute Gasteiger partial charge is 0.116 e. The maximum atomic E-state index is 4.10. The number of H-pyrrole nitrogens is 1. The molecule has 2 aromatic rings. The van der Waals surface area contributed by atoms with Gasteiger partial charge in [-0.25, -0.2) is 9.97 Å². The molecule has 14 heavy (non-hydrogen) atoms. The van der Waals surface area contributed by atoms with Crippen LogP contribution in [0, 0.1) is 6.92 Å². The van der Waals surface area contributed by atoms with Crippen LogP contribution in [0.5, 0.6) is 0 Å². The van der Waals surface area contributed by atoms with Gasteiger partial charge in [0.2, 0.25) is 0 Å². The molecular formula is C10H14N4. The predicted molar refractivity (Wildman–Crippen MR) is 55.7 cm³/mol. The van der Waals surface area contributed by atoms with Gasteiger partial charge in [0.1, 0.15) is 6.33 Å². The van der Waals surface area contributed by atoms with Gasteiger partial charge in [-0.15, -0.1) is 0 Å². The molecule has 1 N–H and O–H groups in total. The third kappa shape index (κ3) is 2.16. The maximum absolute atomic E-state index is 4.10. The molecule has 0 atom stereocenters. The number of rotatable bonds is 1. The maximum Gasteiger partial charge on any atom is 0.116 e. The average Bonchev–Trinajstić information content (AvgIpc) is 2.69. The van der Waals surface area contributed by atoms with Crippen molar-refractivity contribution in [2.24, 2.45) is 0 Å². The molecule has 2 aromatic heterocycles. The highest BCUT2D eigenvalue weighted by molar-refractivity contribution is 5.56. The predicted octanol–water partition coefficient (Wildman–Crippen LogP) is 2.20. The van der Waals surface area contributed by atoms with E-state index in [4.69, 9.17) is 0 Å². The van der Waals surface area contributed by atoms with Gasteiger partial charge in [0.15, 0.2) is 0 Å². The largest absolute Gasteiger partial charge is 0.276 e. The Morgan fingerprint density at radius 3 is 2.57 bits per heavy atom. The van der Waals surface area contributed by atoms with E-state index in [1.165, 1.54) is 6.33 Å². The van der Waals surface area contributed by atoms with Gasteiger partial charge in [-0.05, 0) is 18.6 Å². The summed E-state index contributed by atoms with van der Waals surface area (Å²) in [4.78, 5) is 7.94. The quantitative estimate of drug-likeness (QED) is 0.750. The molecule has 0 radical (unpaired) electrons. The Morgan fingerprint density at radius 1 is 1.29 bits per heavy atom. The standard InChI is InChI=1S/C8H8N4.C2H6/c1-6-4-11-12-8(6)7-2-3-9-5-10-7;1-2/h2-5H,1H3,(H,11,12);1-2H3. The van der Waals surface area contributed by atoms with E-state index in [2.05, 4.69) is 20.2 Å². The fraction of sp³-hybridized carbons (Fsp3) is 0.300. The number of nitrogens with one attached hydrogen (secondary N) is 1. The summed E-state index contributed by atoms with van der Waals surface area (Å²) in [7, 11) is 0. The minimum absolute atomic E-state index is 0.875. The minimum atomic E-state index is 0.875. The molecule has 0 amide bonds. The monoisotopic (exact) mass is 190 g/mol. The van der Waals surface area contributed by atoms with Crippen LogP contribution in [0.4, 0.5) is 0 Å². The van der Waals surface area contributed by atoms with Crippen molar-refractivity contribution in [1.29, 1.82) is 0 Å². The first kappa shape index (κ1) is 10.4. The van der Waals surface area contributed by atoms with Crippen molar-refractivity contribution in [3.8, 4) is 11.4 Å². The van der Waals surface area contributed by atoms with Crippen molar-refractivity contribution in [1.82, 2.24) is 20.2 Å². The Kier molecular flexibility index (Phi) is 3.79. The van der Waals surface area contributed by atoms with Gasteiger partial charge in [-0.3, -0.25) is 5.10 Å². The summed E-state index contributed by atoms with van der Waals surface area (Å²) in [5.74, 6) is 0. The normalized spacial score (nSPS) is 9.07. The number of aryl methyl sites for hydroxylation is 1. The van der Waals surface area contributed by atoms with Crippen LogP contribution < -0.4 is 0 Å². The Labute approximate surface area is 83.4 Å². The van der Waals surface area contributed by atoms with Crippen LogP contribution in [0.1, 0.15) is 19.4 Å². The Morgan fingerprint density at radius 2 is 2.07 bits per heavy atom. The minimum Gasteiger partial charge on any atom is -0.276 e. The van der Waals surface area contributed by atoms with E-state index < -0.39 is 0 Å². The first-order valence-corrected chi connectivity index (χ1v) is 4.64. The molecule has 0 unspecified atom stereocenters. The van der Waals surface area contributed by atoms with Crippen molar-refractivity contribution in [3.63, 3.8) is 0 Å². The molecule has 4 heteroatoms. The molecule has 74 valence electrons. The summed E-state index contributed by atoms with van der Waals surface area (Å²) in [5, 5.41) is 6.79. The molecule has 0 spiro atoms. The number of aromatic nitrogens is 4. The summed E-state index contributed by atoms with van der Waals surface area (Å²) in [6.07, 6.45) is 5.01. The van der Waals surface area contributed by atoms with Crippen molar-refractivity contribution in [2.75, 3.05) is 0 Å². The van der Waals surface area contributed by atoms with Crippen LogP contribution in [0.2, 0.25) is 0 Å². The Bertz CT molecular complexity index is 367. The summed E-state index contributed by atoms with van der Waals surface area (Å²) in [5.41, 5.74) is 2.92. The molecule has 0 aromatic carbocycles. The molecule has 0 saturated carbocycles. The SMILES string of the molecule is CC.Cc1cn[nH]c1-c1ccncn1. The lowest BCUT2D eigenvalue weighted by Crippen LogP contribution is -1.85. The van der Waals surface area contributed by atoms with Crippen LogP contribution in [0.25, 0.3) is 11.4 Å². The van der Waals surface area contributed by atoms with E-state index in [1.54, 1.807) is 12.4 Å². The van der Waals surface area contributed by atoms with Gasteiger partial charge < -0.3 is 0 Å². The van der Waals surface area contributed by atoms with Gasteiger partial charge in [0.05, 0.1) is 17.6 Å². The molecule has 0 saturated heterocycles. The average molecular weight is 190 g/mol. The summed E-state index contributed by atoms with van der Waals surface area (Å²) in [6, 6.07) is 1.85. The van der Waals surface area contributed by atoms with E-state index in [9.17, 15) is 0 Å².